The lowest BCUT2D eigenvalue weighted by Crippen LogP contribution is -2.17. The minimum absolute atomic E-state index is 0.0720. The fourth-order valence-electron chi connectivity index (χ4n) is 2.49. The summed E-state index contributed by atoms with van der Waals surface area (Å²) in [5.74, 6) is -0.840. The Bertz CT molecular complexity index is 1080. The van der Waals surface area contributed by atoms with Gasteiger partial charge in [0, 0.05) is 24.2 Å². The van der Waals surface area contributed by atoms with Crippen LogP contribution in [0.5, 0.6) is 5.88 Å². The Kier molecular flexibility index (Phi) is 6.25. The Labute approximate surface area is 169 Å². The summed E-state index contributed by atoms with van der Waals surface area (Å²) in [6, 6.07) is 14.6. The standard InChI is InChI=1S/C19H16N4O5S/c24-16(20-13-6-8-14(9-7-13)23(27)28)11-29-19-21-17(25)15(18(26)22-19)10-12-4-2-1-3-5-12/h1-9H,10-11H2,(H,20,24)(H2,21,22,25,26). The molecule has 10 heteroatoms. The zero-order chi connectivity index (χ0) is 20.8. The minimum atomic E-state index is -0.530. The lowest BCUT2D eigenvalue weighted by Gasteiger charge is -2.07. The van der Waals surface area contributed by atoms with Gasteiger partial charge in [-0.25, -0.2) is 0 Å². The van der Waals surface area contributed by atoms with E-state index < -0.39 is 10.5 Å². The molecule has 3 N–H and O–H groups in total. The molecule has 0 atom stereocenters. The summed E-state index contributed by atoms with van der Waals surface area (Å²) >= 11 is 0.952. The molecule has 3 rings (SSSR count). The van der Waals surface area contributed by atoms with Crippen LogP contribution in [-0.4, -0.2) is 31.7 Å². The first-order chi connectivity index (χ1) is 13.9. The van der Waals surface area contributed by atoms with E-state index in [1.165, 1.54) is 24.3 Å². The van der Waals surface area contributed by atoms with Crippen molar-refractivity contribution in [1.29, 1.82) is 0 Å². The topological polar surface area (TPSA) is 138 Å². The molecule has 0 bridgehead atoms. The smallest absolute Gasteiger partial charge is 0.269 e. The van der Waals surface area contributed by atoms with E-state index in [2.05, 4.69) is 15.3 Å². The van der Waals surface area contributed by atoms with Gasteiger partial charge >= 0.3 is 0 Å². The van der Waals surface area contributed by atoms with Crippen molar-refractivity contribution in [3.8, 4) is 5.88 Å². The molecule has 1 aromatic heterocycles. The first kappa shape index (κ1) is 20.1. The number of nitro benzene ring substituents is 1. The Balaban J connectivity index is 1.61. The Morgan fingerprint density at radius 3 is 2.48 bits per heavy atom. The van der Waals surface area contributed by atoms with Gasteiger partial charge in [-0.2, -0.15) is 4.98 Å². The summed E-state index contributed by atoms with van der Waals surface area (Å²) in [6.07, 6.45) is 0.237. The number of amides is 1. The number of aromatic amines is 1. The van der Waals surface area contributed by atoms with E-state index in [0.717, 1.165) is 17.3 Å². The number of nitro groups is 1. The zero-order valence-electron chi connectivity index (χ0n) is 15.0. The maximum Gasteiger partial charge on any atom is 0.269 e. The van der Waals surface area contributed by atoms with Gasteiger partial charge in [-0.15, -0.1) is 0 Å². The molecule has 0 aliphatic rings. The van der Waals surface area contributed by atoms with E-state index in [0.29, 0.717) is 5.69 Å². The van der Waals surface area contributed by atoms with Gasteiger partial charge in [0.25, 0.3) is 11.2 Å². The van der Waals surface area contributed by atoms with Crippen molar-refractivity contribution in [3.63, 3.8) is 0 Å². The maximum atomic E-state index is 12.3. The van der Waals surface area contributed by atoms with Crippen LogP contribution in [-0.2, 0) is 11.2 Å². The monoisotopic (exact) mass is 412 g/mol. The molecule has 29 heavy (non-hydrogen) atoms. The third-order valence-electron chi connectivity index (χ3n) is 3.90. The van der Waals surface area contributed by atoms with Crippen LogP contribution in [0.1, 0.15) is 11.1 Å². The lowest BCUT2D eigenvalue weighted by molar-refractivity contribution is -0.384. The van der Waals surface area contributed by atoms with E-state index >= 15 is 0 Å². The Hall–Kier alpha value is -3.66. The fraction of sp³-hybridized carbons (Fsp3) is 0.105. The van der Waals surface area contributed by atoms with Crippen molar-refractivity contribution in [3.05, 3.63) is 86.2 Å². The minimum Gasteiger partial charge on any atom is -0.493 e. The normalized spacial score (nSPS) is 10.5. The molecule has 0 saturated heterocycles. The fourth-order valence-corrected chi connectivity index (χ4v) is 3.15. The maximum absolute atomic E-state index is 12.3. The highest BCUT2D eigenvalue weighted by atomic mass is 32.2. The van der Waals surface area contributed by atoms with Crippen LogP contribution in [0.4, 0.5) is 11.4 Å². The molecule has 0 unspecified atom stereocenters. The van der Waals surface area contributed by atoms with E-state index in [1.54, 1.807) is 0 Å². The number of nitrogens with one attached hydrogen (secondary N) is 2. The highest BCUT2D eigenvalue weighted by Crippen LogP contribution is 2.20. The largest absolute Gasteiger partial charge is 0.493 e. The molecule has 0 aliphatic carbocycles. The van der Waals surface area contributed by atoms with Gasteiger partial charge in [0.05, 0.1) is 16.2 Å². The van der Waals surface area contributed by atoms with E-state index in [4.69, 9.17) is 0 Å². The average Bonchev–Trinajstić information content (AvgIpc) is 2.70. The second-order valence-electron chi connectivity index (χ2n) is 5.98. The van der Waals surface area contributed by atoms with Crippen LogP contribution in [0, 0.1) is 10.1 Å². The van der Waals surface area contributed by atoms with E-state index in [9.17, 15) is 24.8 Å². The second kappa shape index (κ2) is 9.02. The highest BCUT2D eigenvalue weighted by Gasteiger charge is 2.13. The predicted molar refractivity (Wildman–Crippen MR) is 108 cm³/mol. The van der Waals surface area contributed by atoms with Gasteiger partial charge in [-0.3, -0.25) is 19.7 Å². The van der Waals surface area contributed by atoms with Gasteiger partial charge < -0.3 is 15.4 Å². The molecule has 0 fully saturated rings. The number of carbonyl (C=O) groups excluding carboxylic acids is 1. The number of rotatable bonds is 7. The van der Waals surface area contributed by atoms with Crippen molar-refractivity contribution >= 4 is 29.0 Å². The van der Waals surface area contributed by atoms with Crippen molar-refractivity contribution in [1.82, 2.24) is 9.97 Å². The first-order valence-electron chi connectivity index (χ1n) is 8.45. The van der Waals surface area contributed by atoms with Gasteiger partial charge in [-0.1, -0.05) is 42.1 Å². The molecule has 0 aliphatic heterocycles. The Morgan fingerprint density at radius 1 is 1.17 bits per heavy atom. The van der Waals surface area contributed by atoms with Crippen LogP contribution in [0.2, 0.25) is 0 Å². The summed E-state index contributed by atoms with van der Waals surface area (Å²) < 4.78 is 0. The third-order valence-corrected chi connectivity index (χ3v) is 4.77. The van der Waals surface area contributed by atoms with Crippen LogP contribution >= 0.6 is 11.8 Å². The van der Waals surface area contributed by atoms with Crippen LogP contribution < -0.4 is 10.9 Å². The van der Waals surface area contributed by atoms with E-state index in [-0.39, 0.29) is 40.4 Å². The second-order valence-corrected chi connectivity index (χ2v) is 6.94. The SMILES string of the molecule is O=C(CSc1nc(O)c(Cc2ccccc2)c(=O)[nH]1)Nc1ccc([N+](=O)[O-])cc1. The number of benzene rings is 2. The zero-order valence-corrected chi connectivity index (χ0v) is 15.8. The third kappa shape index (κ3) is 5.42. The van der Waals surface area contributed by atoms with Crippen molar-refractivity contribution in [2.24, 2.45) is 0 Å². The quantitative estimate of drug-likeness (QED) is 0.235. The molecule has 0 saturated carbocycles. The molecular formula is C19H16N4O5S. The molecule has 0 radical (unpaired) electrons. The van der Waals surface area contributed by atoms with Gasteiger partial charge in [0.15, 0.2) is 5.16 Å². The summed E-state index contributed by atoms with van der Waals surface area (Å²) in [4.78, 5) is 40.9. The van der Waals surface area contributed by atoms with Crippen molar-refractivity contribution < 1.29 is 14.8 Å². The van der Waals surface area contributed by atoms with Crippen molar-refractivity contribution in [2.75, 3.05) is 11.1 Å². The first-order valence-corrected chi connectivity index (χ1v) is 9.44. The number of anilines is 1. The Morgan fingerprint density at radius 2 is 1.86 bits per heavy atom. The van der Waals surface area contributed by atoms with E-state index in [1.807, 2.05) is 30.3 Å². The molecule has 9 nitrogen and oxygen atoms in total. The molecule has 2 aromatic carbocycles. The number of hydrogen-bond acceptors (Lipinski definition) is 7. The molecule has 148 valence electrons. The number of carbonyl (C=O) groups is 1. The number of H-pyrrole nitrogens is 1. The summed E-state index contributed by atoms with van der Waals surface area (Å²) in [7, 11) is 0. The summed E-state index contributed by atoms with van der Waals surface area (Å²) in [5, 5.41) is 23.4. The number of thioether (sulfide) groups is 1. The number of aromatic hydroxyl groups is 1. The summed E-state index contributed by atoms with van der Waals surface area (Å²) in [6.45, 7) is 0. The van der Waals surface area contributed by atoms with Crippen LogP contribution in [0.15, 0.2) is 64.5 Å². The lowest BCUT2D eigenvalue weighted by atomic mass is 10.1. The van der Waals surface area contributed by atoms with Gasteiger partial charge in [0.2, 0.25) is 11.8 Å². The summed E-state index contributed by atoms with van der Waals surface area (Å²) in [5.41, 5.74) is 0.863. The highest BCUT2D eigenvalue weighted by molar-refractivity contribution is 7.99. The number of hydrogen-bond donors (Lipinski definition) is 3. The predicted octanol–water partition coefficient (Wildman–Crippen LogP) is 2.71. The van der Waals surface area contributed by atoms with Gasteiger partial charge in [-0.05, 0) is 17.7 Å². The number of non-ortho nitro benzene ring substituents is 1. The van der Waals surface area contributed by atoms with Gasteiger partial charge in [0.1, 0.15) is 0 Å². The molecular weight excluding hydrogens is 396 g/mol. The number of nitrogens with zero attached hydrogens (tertiary/aromatic N) is 2. The van der Waals surface area contributed by atoms with Crippen LogP contribution in [0.3, 0.4) is 0 Å². The molecule has 1 amide bonds. The average molecular weight is 412 g/mol. The number of aromatic nitrogens is 2. The molecule has 0 spiro atoms. The molecule has 1 heterocycles. The molecule has 3 aromatic rings. The van der Waals surface area contributed by atoms with Crippen LogP contribution in [0.25, 0.3) is 0 Å². The van der Waals surface area contributed by atoms with Crippen molar-refractivity contribution in [2.45, 2.75) is 11.6 Å².